The Bertz CT molecular complexity index is 2570. The molecule has 0 saturated heterocycles. The second-order valence-corrected chi connectivity index (χ2v) is 17.4. The van der Waals surface area contributed by atoms with E-state index < -0.39 is 5.41 Å². The Morgan fingerprint density at radius 2 is 0.656 bits per heavy atom. The topological polar surface area (TPSA) is 6.48 Å². The van der Waals surface area contributed by atoms with Crippen LogP contribution in [-0.4, -0.2) is 0 Å². The summed E-state index contributed by atoms with van der Waals surface area (Å²) in [5.41, 5.74) is 17.1. The van der Waals surface area contributed by atoms with Gasteiger partial charge in [-0.05, 0) is 155 Å². The summed E-state index contributed by atoms with van der Waals surface area (Å²) >= 11 is 0. The predicted octanol–water partition coefficient (Wildman–Crippen LogP) is 16.3. The van der Waals surface area contributed by atoms with Crippen LogP contribution in [0.15, 0.2) is 206 Å². The van der Waals surface area contributed by atoms with Crippen molar-refractivity contribution in [1.82, 2.24) is 0 Å². The van der Waals surface area contributed by atoms with Crippen LogP contribution < -0.4 is 9.80 Å². The molecule has 2 heteroatoms. The fraction of sp³-hybridized carbons (Fsp3) is 0.186. The molecule has 0 bridgehead atoms. The fourth-order valence-corrected chi connectivity index (χ4v) is 11.1. The maximum Gasteiger partial charge on any atom is 0.0715 e. The van der Waals surface area contributed by atoms with Gasteiger partial charge in [0.1, 0.15) is 0 Å². The second-order valence-electron chi connectivity index (χ2n) is 17.4. The van der Waals surface area contributed by atoms with Crippen molar-refractivity contribution in [2.24, 2.45) is 0 Å². The van der Waals surface area contributed by atoms with Gasteiger partial charge in [0.2, 0.25) is 0 Å². The molecule has 2 nitrogen and oxygen atoms in total. The van der Waals surface area contributed by atoms with Gasteiger partial charge in [0, 0.05) is 34.1 Å². The standard InChI is InChI=1S/C59H52N2/c1-5-25-47(26-6-1)59(48-27-7-2-8-28-48)57-41-53(60(49-29-9-3-10-30-49)51-33-17-23-45(39-51)43-19-13-14-20-43)35-37-55(57)56-38-36-54(42-58(56)59)61(50-31-11-4-12-32-50)52-34-18-24-46(40-52)44-21-15-16-22-44/h1-12,17-18,23-44H,13-16,19-22H2. The van der Waals surface area contributed by atoms with Crippen molar-refractivity contribution in [3.8, 4) is 11.1 Å². The molecule has 0 unspecified atom stereocenters. The van der Waals surface area contributed by atoms with E-state index >= 15 is 0 Å². The van der Waals surface area contributed by atoms with Crippen LogP contribution in [0.5, 0.6) is 0 Å². The van der Waals surface area contributed by atoms with Gasteiger partial charge >= 0.3 is 0 Å². The zero-order valence-electron chi connectivity index (χ0n) is 34.8. The van der Waals surface area contributed by atoms with Gasteiger partial charge in [-0.3, -0.25) is 0 Å². The highest BCUT2D eigenvalue weighted by atomic mass is 15.1. The summed E-state index contributed by atoms with van der Waals surface area (Å²) in [4.78, 5) is 4.95. The first-order valence-electron chi connectivity index (χ1n) is 22.6. The smallest absolute Gasteiger partial charge is 0.0715 e. The van der Waals surface area contributed by atoms with Gasteiger partial charge < -0.3 is 9.80 Å². The van der Waals surface area contributed by atoms with Gasteiger partial charge in [-0.15, -0.1) is 0 Å². The van der Waals surface area contributed by atoms with Crippen molar-refractivity contribution >= 4 is 34.1 Å². The molecule has 8 aromatic rings. The first-order valence-corrected chi connectivity index (χ1v) is 22.6. The van der Waals surface area contributed by atoms with Crippen LogP contribution in [0.1, 0.15) is 96.6 Å². The normalized spacial score (nSPS) is 15.7. The first-order chi connectivity index (χ1) is 30.3. The third-order valence-electron chi connectivity index (χ3n) is 14.0. The zero-order chi connectivity index (χ0) is 40.6. The third-order valence-corrected chi connectivity index (χ3v) is 14.0. The average molecular weight is 789 g/mol. The van der Waals surface area contributed by atoms with Gasteiger partial charge in [0.15, 0.2) is 0 Å². The molecule has 2 saturated carbocycles. The summed E-state index contributed by atoms with van der Waals surface area (Å²) in [6, 6.07) is 77.6. The minimum atomic E-state index is -0.582. The number of hydrogen-bond donors (Lipinski definition) is 0. The molecule has 0 spiro atoms. The van der Waals surface area contributed by atoms with Gasteiger partial charge in [-0.25, -0.2) is 0 Å². The summed E-state index contributed by atoms with van der Waals surface area (Å²) in [7, 11) is 0. The van der Waals surface area contributed by atoms with E-state index in [1.54, 1.807) is 0 Å². The lowest BCUT2D eigenvalue weighted by atomic mass is 9.67. The van der Waals surface area contributed by atoms with Gasteiger partial charge in [-0.2, -0.15) is 0 Å². The largest absolute Gasteiger partial charge is 0.310 e. The molecular formula is C59H52N2. The van der Waals surface area contributed by atoms with Crippen molar-refractivity contribution in [2.45, 2.75) is 68.6 Å². The van der Waals surface area contributed by atoms with Crippen molar-refractivity contribution < 1.29 is 0 Å². The minimum absolute atomic E-state index is 0.582. The first kappa shape index (κ1) is 37.4. The van der Waals surface area contributed by atoms with Crippen LogP contribution >= 0.6 is 0 Å². The summed E-state index contributed by atoms with van der Waals surface area (Å²) in [5.74, 6) is 1.26. The van der Waals surface area contributed by atoms with E-state index in [1.807, 2.05) is 0 Å². The monoisotopic (exact) mass is 788 g/mol. The van der Waals surface area contributed by atoms with E-state index in [0.717, 1.165) is 22.7 Å². The fourth-order valence-electron chi connectivity index (χ4n) is 11.1. The maximum atomic E-state index is 2.50. The van der Waals surface area contributed by atoms with Crippen LogP contribution in [0.4, 0.5) is 34.1 Å². The van der Waals surface area contributed by atoms with Gasteiger partial charge in [0.25, 0.3) is 0 Å². The molecule has 8 aromatic carbocycles. The van der Waals surface area contributed by atoms with Crippen LogP contribution in [0.3, 0.4) is 0 Å². The molecule has 0 N–H and O–H groups in total. The van der Waals surface area contributed by atoms with E-state index in [9.17, 15) is 0 Å². The van der Waals surface area contributed by atoms with E-state index in [4.69, 9.17) is 0 Å². The van der Waals surface area contributed by atoms with E-state index in [2.05, 4.69) is 216 Å². The van der Waals surface area contributed by atoms with E-state index in [1.165, 1.54) is 107 Å². The molecule has 0 radical (unpaired) electrons. The molecule has 3 aliphatic rings. The van der Waals surface area contributed by atoms with Gasteiger partial charge in [0.05, 0.1) is 5.41 Å². The molecule has 2 fully saturated rings. The van der Waals surface area contributed by atoms with Crippen molar-refractivity contribution in [3.05, 3.63) is 240 Å². The maximum absolute atomic E-state index is 2.50. The summed E-state index contributed by atoms with van der Waals surface area (Å²) in [5, 5.41) is 0. The second kappa shape index (κ2) is 16.1. The third kappa shape index (κ3) is 6.66. The Morgan fingerprint density at radius 3 is 1.05 bits per heavy atom. The number of benzene rings is 8. The highest BCUT2D eigenvalue weighted by Gasteiger charge is 2.47. The average Bonchev–Trinajstić information content (AvgIpc) is 4.13. The zero-order valence-corrected chi connectivity index (χ0v) is 34.8. The molecular weight excluding hydrogens is 737 g/mol. The number of rotatable bonds is 10. The molecule has 298 valence electrons. The van der Waals surface area contributed by atoms with Crippen LogP contribution in [0.25, 0.3) is 11.1 Å². The Labute approximate surface area is 361 Å². The van der Waals surface area contributed by atoms with Crippen molar-refractivity contribution in [1.29, 1.82) is 0 Å². The van der Waals surface area contributed by atoms with E-state index in [-0.39, 0.29) is 0 Å². The number of fused-ring (bicyclic) bond motifs is 3. The number of hydrogen-bond acceptors (Lipinski definition) is 2. The predicted molar refractivity (Wildman–Crippen MR) is 256 cm³/mol. The SMILES string of the molecule is c1ccc(N(c2cccc(C3CCCC3)c2)c2ccc3c(c2)C(c2ccccc2)(c2ccccc2)c2cc(N(c4ccccc4)c4cccc(C5CCCC5)c4)ccc2-3)cc1. The quantitative estimate of drug-likeness (QED) is 0.136. The summed E-state index contributed by atoms with van der Waals surface area (Å²) in [6.45, 7) is 0. The molecule has 3 aliphatic carbocycles. The van der Waals surface area contributed by atoms with Crippen LogP contribution in [0, 0.1) is 0 Å². The van der Waals surface area contributed by atoms with Crippen LogP contribution in [-0.2, 0) is 5.41 Å². The lowest BCUT2D eigenvalue weighted by Crippen LogP contribution is -2.29. The Balaban J connectivity index is 1.13. The van der Waals surface area contributed by atoms with Crippen molar-refractivity contribution in [2.75, 3.05) is 9.80 Å². The molecule has 0 aliphatic heterocycles. The van der Waals surface area contributed by atoms with Crippen LogP contribution in [0.2, 0.25) is 0 Å². The Kier molecular flexibility index (Phi) is 9.85. The number of nitrogens with zero attached hydrogens (tertiary/aromatic N) is 2. The Morgan fingerprint density at radius 1 is 0.311 bits per heavy atom. The summed E-state index contributed by atoms with van der Waals surface area (Å²) in [6.07, 6.45) is 10.4. The highest BCUT2D eigenvalue weighted by Crippen LogP contribution is 2.58. The molecule has 11 rings (SSSR count). The molecule has 61 heavy (non-hydrogen) atoms. The highest BCUT2D eigenvalue weighted by molar-refractivity contribution is 5.92. The number of anilines is 6. The number of para-hydroxylation sites is 2. The lowest BCUT2D eigenvalue weighted by molar-refractivity contribution is 0.723. The van der Waals surface area contributed by atoms with Crippen molar-refractivity contribution in [3.63, 3.8) is 0 Å². The molecule has 0 amide bonds. The minimum Gasteiger partial charge on any atom is -0.310 e. The Hall–Kier alpha value is -6.64. The van der Waals surface area contributed by atoms with E-state index in [0.29, 0.717) is 11.8 Å². The van der Waals surface area contributed by atoms with Gasteiger partial charge in [-0.1, -0.05) is 159 Å². The molecule has 0 heterocycles. The molecule has 0 atom stereocenters. The lowest BCUT2D eigenvalue weighted by Gasteiger charge is -2.35. The molecule has 0 aromatic heterocycles. The summed E-state index contributed by atoms with van der Waals surface area (Å²) < 4.78 is 0.